The molecule has 7 heteroatoms. The second-order valence-corrected chi connectivity index (χ2v) is 4.99. The van der Waals surface area contributed by atoms with Gasteiger partial charge in [0.15, 0.2) is 4.98 Å². The standard InChI is InChI=1S/C17H20N3O3.BrH/c1-13(23-12-21-2)14-3-4-15(19-11-14)9-10-22-17-7-5-16(20-18)6-8-17;/h3-8,11,13H,9-10,12H2,1-2H3;1H/q+1;/p-1. The molecule has 0 amide bonds. The zero-order valence-corrected chi connectivity index (χ0v) is 15.3. The van der Waals surface area contributed by atoms with Gasteiger partial charge in [0.2, 0.25) is 5.39 Å². The highest BCUT2D eigenvalue weighted by Crippen LogP contribution is 2.18. The minimum atomic E-state index is -0.0526. The molecule has 1 heterocycles. The number of pyridine rings is 1. The van der Waals surface area contributed by atoms with Gasteiger partial charge < -0.3 is 31.2 Å². The number of halogens is 1. The van der Waals surface area contributed by atoms with Crippen LogP contribution >= 0.6 is 0 Å². The van der Waals surface area contributed by atoms with Crippen molar-refractivity contribution >= 4 is 5.69 Å². The van der Waals surface area contributed by atoms with E-state index < -0.39 is 0 Å². The lowest BCUT2D eigenvalue weighted by Crippen LogP contribution is -3.00. The van der Waals surface area contributed by atoms with Crippen LogP contribution in [0, 0.1) is 5.39 Å². The maximum absolute atomic E-state index is 8.62. The van der Waals surface area contributed by atoms with Gasteiger partial charge >= 0.3 is 5.69 Å². The van der Waals surface area contributed by atoms with Gasteiger partial charge in [0.05, 0.1) is 12.7 Å². The van der Waals surface area contributed by atoms with Crippen LogP contribution in [-0.2, 0) is 15.9 Å². The molecule has 2 rings (SSSR count). The molecule has 0 fully saturated rings. The third-order valence-corrected chi connectivity index (χ3v) is 3.33. The van der Waals surface area contributed by atoms with E-state index in [1.807, 2.05) is 25.3 Å². The molecule has 0 spiro atoms. The molecule has 0 bridgehead atoms. The Morgan fingerprint density at radius 3 is 2.50 bits per heavy atom. The molecule has 0 N–H and O–H groups in total. The quantitative estimate of drug-likeness (QED) is 0.491. The van der Waals surface area contributed by atoms with E-state index in [9.17, 15) is 0 Å². The number of diazo groups is 1. The maximum Gasteiger partial charge on any atom is 0.385 e. The minimum Gasteiger partial charge on any atom is -1.00 e. The molecule has 128 valence electrons. The molecule has 1 atom stereocenters. The van der Waals surface area contributed by atoms with E-state index in [4.69, 9.17) is 19.6 Å². The molecule has 0 radical (unpaired) electrons. The summed E-state index contributed by atoms with van der Waals surface area (Å²) in [6, 6.07) is 10.9. The highest BCUT2D eigenvalue weighted by atomic mass is 79.9. The van der Waals surface area contributed by atoms with Gasteiger partial charge in [0.1, 0.15) is 12.5 Å². The molecule has 24 heavy (non-hydrogen) atoms. The van der Waals surface area contributed by atoms with Crippen LogP contribution in [0.2, 0.25) is 0 Å². The SMILES string of the molecule is COCOC(C)c1ccc(CCOc2ccc([N+]#N)cc2)nc1.[Br-]. The lowest BCUT2D eigenvalue weighted by Gasteiger charge is -2.12. The molecule has 2 aromatic rings. The largest absolute Gasteiger partial charge is 1.00 e. The van der Waals surface area contributed by atoms with Crippen molar-refractivity contribution in [2.75, 3.05) is 20.5 Å². The zero-order chi connectivity index (χ0) is 16.5. The predicted molar refractivity (Wildman–Crippen MR) is 86.0 cm³/mol. The Bertz CT molecular complexity index is 642. The van der Waals surface area contributed by atoms with Crippen LogP contribution in [-0.4, -0.2) is 25.5 Å². The van der Waals surface area contributed by atoms with Crippen LogP contribution in [0.25, 0.3) is 4.98 Å². The summed E-state index contributed by atoms with van der Waals surface area (Å²) in [4.78, 5) is 7.51. The van der Waals surface area contributed by atoms with Crippen molar-refractivity contribution in [1.82, 2.24) is 4.98 Å². The van der Waals surface area contributed by atoms with Gasteiger partial charge in [-0.2, -0.15) is 0 Å². The van der Waals surface area contributed by atoms with Gasteiger partial charge in [0, 0.05) is 37.6 Å². The summed E-state index contributed by atoms with van der Waals surface area (Å²) in [7, 11) is 1.60. The molecule has 1 aromatic carbocycles. The van der Waals surface area contributed by atoms with E-state index >= 15 is 0 Å². The summed E-state index contributed by atoms with van der Waals surface area (Å²) in [6.07, 6.45) is 2.47. The Labute approximate surface area is 152 Å². The van der Waals surface area contributed by atoms with Crippen molar-refractivity contribution in [2.24, 2.45) is 0 Å². The molecule has 0 aliphatic rings. The highest BCUT2D eigenvalue weighted by Gasteiger charge is 2.07. The normalized spacial score (nSPS) is 11.2. The van der Waals surface area contributed by atoms with Gasteiger partial charge in [0.25, 0.3) is 0 Å². The summed E-state index contributed by atoms with van der Waals surface area (Å²) >= 11 is 0. The number of aromatic nitrogens is 1. The van der Waals surface area contributed by atoms with Crippen LogP contribution in [0.3, 0.4) is 0 Å². The third kappa shape index (κ3) is 6.24. The number of ether oxygens (including phenoxy) is 3. The maximum atomic E-state index is 8.62. The predicted octanol–water partition coefficient (Wildman–Crippen LogP) is 0.873. The van der Waals surface area contributed by atoms with Crippen molar-refractivity contribution in [2.45, 2.75) is 19.4 Å². The average molecular weight is 394 g/mol. The Morgan fingerprint density at radius 1 is 1.17 bits per heavy atom. The molecule has 0 saturated heterocycles. The molecule has 1 unspecified atom stereocenters. The number of rotatable bonds is 8. The third-order valence-electron chi connectivity index (χ3n) is 3.33. The van der Waals surface area contributed by atoms with Gasteiger partial charge in [-0.25, -0.2) is 0 Å². The number of methoxy groups -OCH3 is 1. The van der Waals surface area contributed by atoms with Gasteiger partial charge in [-0.05, 0) is 30.7 Å². The Balaban J connectivity index is 0.00000288. The first kappa shape index (κ1) is 20.0. The van der Waals surface area contributed by atoms with Gasteiger partial charge in [-0.15, -0.1) is 0 Å². The van der Waals surface area contributed by atoms with Crippen LogP contribution < -0.4 is 21.7 Å². The second-order valence-electron chi connectivity index (χ2n) is 4.99. The number of hydrogen-bond donors (Lipinski definition) is 0. The fraction of sp³-hybridized carbons (Fsp3) is 0.353. The van der Waals surface area contributed by atoms with E-state index in [2.05, 4.69) is 9.96 Å². The van der Waals surface area contributed by atoms with E-state index in [1.54, 1.807) is 31.4 Å². The van der Waals surface area contributed by atoms with Gasteiger partial charge in [-0.3, -0.25) is 4.98 Å². The van der Waals surface area contributed by atoms with E-state index in [1.165, 1.54) is 0 Å². The second kappa shape index (κ2) is 10.7. The van der Waals surface area contributed by atoms with Crippen LogP contribution in [0.1, 0.15) is 24.3 Å². The monoisotopic (exact) mass is 393 g/mol. The Morgan fingerprint density at radius 2 is 1.92 bits per heavy atom. The summed E-state index contributed by atoms with van der Waals surface area (Å²) in [5.41, 5.74) is 2.46. The molecular weight excluding hydrogens is 374 g/mol. The molecule has 6 nitrogen and oxygen atoms in total. The molecular formula is C17H20BrN3O3. The van der Waals surface area contributed by atoms with Crippen molar-refractivity contribution in [3.05, 3.63) is 58.8 Å². The van der Waals surface area contributed by atoms with Gasteiger partial charge in [-0.1, -0.05) is 6.07 Å². The van der Waals surface area contributed by atoms with Crippen molar-refractivity contribution in [3.63, 3.8) is 0 Å². The summed E-state index contributed by atoms with van der Waals surface area (Å²) in [6.45, 7) is 2.75. The van der Waals surface area contributed by atoms with E-state index in [0.29, 0.717) is 18.7 Å². The Hall–Kier alpha value is -2.01. The fourth-order valence-electron chi connectivity index (χ4n) is 1.97. The first-order chi connectivity index (χ1) is 11.2. The number of benzene rings is 1. The molecule has 0 aliphatic heterocycles. The molecule has 0 aliphatic carbocycles. The Kier molecular flexibility index (Phi) is 8.94. The summed E-state index contributed by atoms with van der Waals surface area (Å²) in [5, 5.41) is 8.62. The number of hydrogen-bond acceptors (Lipinski definition) is 5. The highest BCUT2D eigenvalue weighted by molar-refractivity contribution is 5.46. The zero-order valence-electron chi connectivity index (χ0n) is 13.7. The first-order valence-corrected chi connectivity index (χ1v) is 7.36. The lowest BCUT2D eigenvalue weighted by atomic mass is 10.1. The van der Waals surface area contributed by atoms with Crippen molar-refractivity contribution in [3.8, 4) is 5.75 Å². The lowest BCUT2D eigenvalue weighted by molar-refractivity contribution is -0.0667. The first-order valence-electron chi connectivity index (χ1n) is 7.36. The average Bonchev–Trinajstić information content (AvgIpc) is 2.61. The molecule has 0 saturated carbocycles. The summed E-state index contributed by atoms with van der Waals surface area (Å²) < 4.78 is 16.0. The summed E-state index contributed by atoms with van der Waals surface area (Å²) in [5.74, 6) is 0.732. The van der Waals surface area contributed by atoms with Crippen LogP contribution in [0.15, 0.2) is 42.6 Å². The molecule has 1 aromatic heterocycles. The van der Waals surface area contributed by atoms with Crippen molar-refractivity contribution < 1.29 is 31.2 Å². The van der Waals surface area contributed by atoms with Crippen molar-refractivity contribution in [1.29, 1.82) is 5.39 Å². The number of nitrogens with zero attached hydrogens (tertiary/aromatic N) is 3. The van der Waals surface area contributed by atoms with E-state index in [-0.39, 0.29) is 29.9 Å². The minimum absolute atomic E-state index is 0. The smallest absolute Gasteiger partial charge is 0.385 e. The van der Waals surface area contributed by atoms with Crippen LogP contribution in [0.4, 0.5) is 5.69 Å². The fourth-order valence-corrected chi connectivity index (χ4v) is 1.97. The topological polar surface area (TPSA) is 68.7 Å². The van der Waals surface area contributed by atoms with Crippen LogP contribution in [0.5, 0.6) is 5.75 Å². The van der Waals surface area contributed by atoms with E-state index in [0.717, 1.165) is 17.0 Å².